The van der Waals surface area contributed by atoms with Crippen LogP contribution in [0, 0.1) is 0 Å². The molecule has 0 atom stereocenters. The minimum Gasteiger partial charge on any atom is -0.478 e. The van der Waals surface area contributed by atoms with Gasteiger partial charge in [0.15, 0.2) is 5.82 Å². The molecular formula is C17H20N6O2. The molecule has 0 radical (unpaired) electrons. The first-order chi connectivity index (χ1) is 12.2. The van der Waals surface area contributed by atoms with Crippen molar-refractivity contribution in [2.24, 2.45) is 5.84 Å². The van der Waals surface area contributed by atoms with Gasteiger partial charge in [0.1, 0.15) is 0 Å². The Morgan fingerprint density at radius 3 is 2.52 bits per heavy atom. The number of nitrogens with two attached hydrogens (primary N) is 2. The van der Waals surface area contributed by atoms with Crippen LogP contribution >= 0.6 is 0 Å². The van der Waals surface area contributed by atoms with Crippen LogP contribution in [0.3, 0.4) is 0 Å². The summed E-state index contributed by atoms with van der Waals surface area (Å²) in [4.78, 5) is 12.8. The van der Waals surface area contributed by atoms with Gasteiger partial charge in [-0.05, 0) is 37.6 Å². The topological polar surface area (TPSA) is 121 Å². The molecule has 3 aromatic rings. The largest absolute Gasteiger partial charge is 0.478 e. The van der Waals surface area contributed by atoms with Crippen LogP contribution in [0.15, 0.2) is 30.3 Å². The van der Waals surface area contributed by atoms with E-state index in [0.29, 0.717) is 36.3 Å². The summed E-state index contributed by atoms with van der Waals surface area (Å²) >= 11 is 0. The SMILES string of the molecule is CCOc1ccc(-c2ccc3nc(N)nc(NN)c3c2)c(OCC)n1. The fraction of sp³-hybridized carbons (Fsp3) is 0.235. The fourth-order valence-electron chi connectivity index (χ4n) is 2.54. The van der Waals surface area contributed by atoms with E-state index in [1.807, 2.05) is 44.2 Å². The third-order valence-corrected chi connectivity index (χ3v) is 3.57. The summed E-state index contributed by atoms with van der Waals surface area (Å²) in [5, 5.41) is 0.755. The number of aromatic nitrogens is 3. The van der Waals surface area contributed by atoms with Crippen LogP contribution < -0.4 is 26.5 Å². The van der Waals surface area contributed by atoms with E-state index in [4.69, 9.17) is 21.1 Å². The number of rotatable bonds is 6. The maximum atomic E-state index is 5.70. The van der Waals surface area contributed by atoms with Gasteiger partial charge >= 0.3 is 0 Å². The summed E-state index contributed by atoms with van der Waals surface area (Å²) in [5.74, 6) is 7.20. The van der Waals surface area contributed by atoms with Crippen molar-refractivity contribution in [3.8, 4) is 22.9 Å². The standard InChI is InChI=1S/C17H20N6O2/c1-3-24-14-8-6-11(16(21-14)25-4-2)10-5-7-13-12(9-10)15(23-19)22-17(18)20-13/h5-9H,3-4,19H2,1-2H3,(H3,18,20,22,23). The average Bonchev–Trinajstić information content (AvgIpc) is 2.61. The van der Waals surface area contributed by atoms with E-state index in [1.54, 1.807) is 0 Å². The molecule has 8 nitrogen and oxygen atoms in total. The van der Waals surface area contributed by atoms with Crippen molar-refractivity contribution < 1.29 is 9.47 Å². The molecule has 0 amide bonds. The van der Waals surface area contributed by atoms with Crippen molar-refractivity contribution in [2.45, 2.75) is 13.8 Å². The Balaban J connectivity index is 2.13. The highest BCUT2D eigenvalue weighted by Crippen LogP contribution is 2.33. The van der Waals surface area contributed by atoms with E-state index < -0.39 is 0 Å². The number of benzene rings is 1. The quantitative estimate of drug-likeness (QED) is 0.462. The van der Waals surface area contributed by atoms with Crippen molar-refractivity contribution >= 4 is 22.7 Å². The lowest BCUT2D eigenvalue weighted by molar-refractivity contribution is 0.300. The second-order valence-electron chi connectivity index (χ2n) is 5.17. The normalized spacial score (nSPS) is 10.7. The van der Waals surface area contributed by atoms with Crippen molar-refractivity contribution in [2.75, 3.05) is 24.4 Å². The Hall–Kier alpha value is -3.13. The minimum absolute atomic E-state index is 0.158. The van der Waals surface area contributed by atoms with Gasteiger partial charge in [-0.25, -0.2) is 10.8 Å². The molecule has 0 spiro atoms. The Morgan fingerprint density at radius 1 is 1.00 bits per heavy atom. The van der Waals surface area contributed by atoms with Crippen molar-refractivity contribution in [1.82, 2.24) is 15.0 Å². The first kappa shape index (κ1) is 16.7. The van der Waals surface area contributed by atoms with Gasteiger partial charge in [0, 0.05) is 17.0 Å². The van der Waals surface area contributed by atoms with Crippen LogP contribution in [0.25, 0.3) is 22.0 Å². The van der Waals surface area contributed by atoms with E-state index in [1.165, 1.54) is 0 Å². The fourth-order valence-corrected chi connectivity index (χ4v) is 2.54. The molecule has 0 unspecified atom stereocenters. The molecule has 130 valence electrons. The first-order valence-corrected chi connectivity index (χ1v) is 7.97. The molecule has 0 aliphatic rings. The molecule has 2 heterocycles. The molecule has 0 bridgehead atoms. The van der Waals surface area contributed by atoms with E-state index in [0.717, 1.165) is 16.5 Å². The molecule has 0 aliphatic heterocycles. The van der Waals surface area contributed by atoms with Crippen LogP contribution in [0.4, 0.5) is 11.8 Å². The van der Waals surface area contributed by atoms with Crippen molar-refractivity contribution in [3.05, 3.63) is 30.3 Å². The van der Waals surface area contributed by atoms with Crippen LogP contribution in [0.5, 0.6) is 11.8 Å². The molecule has 3 rings (SSSR count). The highest BCUT2D eigenvalue weighted by atomic mass is 16.5. The number of hydrogen-bond acceptors (Lipinski definition) is 8. The van der Waals surface area contributed by atoms with Gasteiger partial charge in [-0.3, -0.25) is 0 Å². The summed E-state index contributed by atoms with van der Waals surface area (Å²) < 4.78 is 11.1. The number of fused-ring (bicyclic) bond motifs is 1. The Labute approximate surface area is 145 Å². The van der Waals surface area contributed by atoms with Crippen LogP contribution in [-0.2, 0) is 0 Å². The number of ether oxygens (including phenoxy) is 2. The van der Waals surface area contributed by atoms with E-state index in [2.05, 4.69) is 20.4 Å². The lowest BCUT2D eigenvalue weighted by Gasteiger charge is -2.12. The Morgan fingerprint density at radius 2 is 1.80 bits per heavy atom. The smallest absolute Gasteiger partial charge is 0.224 e. The summed E-state index contributed by atoms with van der Waals surface area (Å²) in [5.41, 5.74) is 10.7. The monoisotopic (exact) mass is 340 g/mol. The predicted octanol–water partition coefficient (Wildman–Crippen LogP) is 2.36. The zero-order valence-corrected chi connectivity index (χ0v) is 14.1. The van der Waals surface area contributed by atoms with Gasteiger partial charge in [0.2, 0.25) is 17.7 Å². The summed E-state index contributed by atoms with van der Waals surface area (Å²) in [6, 6.07) is 9.43. The highest BCUT2D eigenvalue weighted by Gasteiger charge is 2.13. The molecule has 0 fully saturated rings. The Kier molecular flexibility index (Phi) is 4.80. The molecule has 5 N–H and O–H groups in total. The zero-order valence-electron chi connectivity index (χ0n) is 14.1. The lowest BCUT2D eigenvalue weighted by Crippen LogP contribution is -2.11. The number of hydrogen-bond donors (Lipinski definition) is 3. The number of anilines is 2. The number of nitrogen functional groups attached to an aromatic ring is 2. The van der Waals surface area contributed by atoms with Gasteiger partial charge in [-0.2, -0.15) is 9.97 Å². The van der Waals surface area contributed by atoms with E-state index >= 15 is 0 Å². The third kappa shape index (κ3) is 3.38. The van der Waals surface area contributed by atoms with Crippen LogP contribution in [0.1, 0.15) is 13.8 Å². The van der Waals surface area contributed by atoms with E-state index in [9.17, 15) is 0 Å². The van der Waals surface area contributed by atoms with Crippen LogP contribution in [-0.4, -0.2) is 28.2 Å². The molecule has 0 saturated carbocycles. The lowest BCUT2D eigenvalue weighted by atomic mass is 10.0. The number of hydrazine groups is 1. The van der Waals surface area contributed by atoms with Crippen molar-refractivity contribution in [3.63, 3.8) is 0 Å². The summed E-state index contributed by atoms with van der Waals surface area (Å²) in [6.45, 7) is 4.86. The van der Waals surface area contributed by atoms with Crippen molar-refractivity contribution in [1.29, 1.82) is 0 Å². The average molecular weight is 340 g/mol. The van der Waals surface area contributed by atoms with Gasteiger partial charge in [-0.15, -0.1) is 0 Å². The molecule has 25 heavy (non-hydrogen) atoms. The number of pyridine rings is 1. The van der Waals surface area contributed by atoms with Crippen LogP contribution in [0.2, 0.25) is 0 Å². The number of nitrogens with one attached hydrogen (secondary N) is 1. The zero-order chi connectivity index (χ0) is 17.8. The van der Waals surface area contributed by atoms with Gasteiger partial charge in [0.05, 0.1) is 18.7 Å². The molecule has 1 aromatic carbocycles. The minimum atomic E-state index is 0.158. The molecular weight excluding hydrogens is 320 g/mol. The summed E-state index contributed by atoms with van der Waals surface area (Å²) in [7, 11) is 0. The molecule has 0 saturated heterocycles. The predicted molar refractivity (Wildman–Crippen MR) is 97.3 cm³/mol. The van der Waals surface area contributed by atoms with Gasteiger partial charge < -0.3 is 20.6 Å². The Bertz CT molecular complexity index is 900. The second kappa shape index (κ2) is 7.18. The maximum Gasteiger partial charge on any atom is 0.224 e. The molecule has 8 heteroatoms. The molecule has 2 aromatic heterocycles. The second-order valence-corrected chi connectivity index (χ2v) is 5.17. The maximum absolute atomic E-state index is 5.70. The third-order valence-electron chi connectivity index (χ3n) is 3.57. The first-order valence-electron chi connectivity index (χ1n) is 7.97. The molecule has 0 aliphatic carbocycles. The number of nitrogens with zero attached hydrogens (tertiary/aromatic N) is 3. The van der Waals surface area contributed by atoms with Gasteiger partial charge in [-0.1, -0.05) is 6.07 Å². The van der Waals surface area contributed by atoms with Gasteiger partial charge in [0.25, 0.3) is 0 Å². The highest BCUT2D eigenvalue weighted by molar-refractivity contribution is 5.93. The van der Waals surface area contributed by atoms with E-state index in [-0.39, 0.29) is 5.95 Å². The summed E-state index contributed by atoms with van der Waals surface area (Å²) in [6.07, 6.45) is 0.